The molecule has 9 heteroatoms. The first-order chi connectivity index (χ1) is 15.0. The van der Waals surface area contributed by atoms with Crippen molar-refractivity contribution in [1.82, 2.24) is 9.88 Å². The molecule has 1 amide bonds. The summed E-state index contributed by atoms with van der Waals surface area (Å²) in [5, 5.41) is 0.671. The van der Waals surface area contributed by atoms with Crippen molar-refractivity contribution in [2.45, 2.75) is 13.8 Å². The Morgan fingerprint density at radius 1 is 1.19 bits per heavy atom. The lowest BCUT2D eigenvalue weighted by atomic mass is 10.1. The number of fused-ring (bicyclic) bond motifs is 1. The Morgan fingerprint density at radius 3 is 2.62 bits per heavy atom. The van der Waals surface area contributed by atoms with Crippen molar-refractivity contribution in [3.63, 3.8) is 0 Å². The van der Waals surface area contributed by atoms with Crippen LogP contribution in [-0.2, 0) is 9.53 Å². The molecular weight excluding hydrogens is 453 g/mol. The third kappa shape index (κ3) is 5.75. The first-order valence-corrected chi connectivity index (χ1v) is 11.2. The second-order valence-corrected chi connectivity index (χ2v) is 8.60. The van der Waals surface area contributed by atoms with Crippen molar-refractivity contribution < 1.29 is 18.7 Å². The number of morpholine rings is 1. The Kier molecular flexibility index (Phi) is 8.42. The monoisotopic (exact) mass is 479 g/mol. The van der Waals surface area contributed by atoms with Crippen LogP contribution in [0.15, 0.2) is 36.4 Å². The fourth-order valence-electron chi connectivity index (χ4n) is 3.48. The maximum Gasteiger partial charge on any atom is 0.266 e. The molecule has 0 bridgehead atoms. The van der Waals surface area contributed by atoms with Gasteiger partial charge in [-0.05, 0) is 55.3 Å². The van der Waals surface area contributed by atoms with Crippen LogP contribution in [0.5, 0.6) is 5.75 Å². The van der Waals surface area contributed by atoms with Gasteiger partial charge in [0, 0.05) is 26.2 Å². The van der Waals surface area contributed by atoms with Gasteiger partial charge < -0.3 is 9.47 Å². The number of carbonyl (C=O) groups excluding carboxylic acids is 1. The second kappa shape index (κ2) is 11.0. The van der Waals surface area contributed by atoms with Crippen LogP contribution in [0.2, 0.25) is 0 Å². The molecule has 1 aromatic heterocycles. The molecule has 4 rings (SSSR count). The summed E-state index contributed by atoms with van der Waals surface area (Å²) in [6.07, 6.45) is 0. The number of anilines is 1. The van der Waals surface area contributed by atoms with E-state index in [1.807, 2.05) is 0 Å². The highest BCUT2D eigenvalue weighted by Gasteiger charge is 2.22. The Balaban J connectivity index is 0.00000289. The molecule has 0 unspecified atom stereocenters. The van der Waals surface area contributed by atoms with Crippen molar-refractivity contribution in [3.05, 3.63) is 53.3 Å². The minimum Gasteiger partial charge on any atom is -0.484 e. The zero-order chi connectivity index (χ0) is 21.8. The van der Waals surface area contributed by atoms with E-state index in [0.717, 1.165) is 35.4 Å². The van der Waals surface area contributed by atoms with Gasteiger partial charge in [0.1, 0.15) is 11.6 Å². The Morgan fingerprint density at radius 2 is 1.91 bits per heavy atom. The molecule has 2 heterocycles. The molecule has 1 fully saturated rings. The fraction of sp³-hybridized carbons (Fsp3) is 0.391. The molecule has 3 aromatic rings. The van der Waals surface area contributed by atoms with Crippen LogP contribution in [0.4, 0.5) is 9.52 Å². The number of halogens is 2. The number of aryl methyl sites for hydroxylation is 2. The second-order valence-electron chi connectivity index (χ2n) is 7.59. The molecule has 172 valence electrons. The van der Waals surface area contributed by atoms with Crippen LogP contribution in [0.3, 0.4) is 0 Å². The standard InChI is InChI=1S/C23H26FN3O3S.ClH/c1-16-3-8-20-22(17(16)2)25-23(31-20)27(10-9-26-11-13-29-14-12-26)21(28)15-30-19-6-4-18(24)5-7-19;/h3-8H,9-15H2,1-2H3;1H. The highest BCUT2D eigenvalue weighted by atomic mass is 35.5. The highest BCUT2D eigenvalue weighted by molar-refractivity contribution is 7.22. The van der Waals surface area contributed by atoms with Gasteiger partial charge in [-0.25, -0.2) is 9.37 Å². The van der Waals surface area contributed by atoms with Gasteiger partial charge in [0.2, 0.25) is 0 Å². The van der Waals surface area contributed by atoms with Gasteiger partial charge in [-0.2, -0.15) is 0 Å². The van der Waals surface area contributed by atoms with E-state index in [4.69, 9.17) is 14.5 Å². The first kappa shape index (κ1) is 24.4. The van der Waals surface area contributed by atoms with Crippen molar-refractivity contribution in [3.8, 4) is 5.75 Å². The Labute approximate surface area is 197 Å². The minimum absolute atomic E-state index is 0. The van der Waals surface area contributed by atoms with Crippen LogP contribution in [0, 0.1) is 19.7 Å². The summed E-state index contributed by atoms with van der Waals surface area (Å²) in [5.41, 5.74) is 3.24. The molecule has 32 heavy (non-hydrogen) atoms. The molecule has 6 nitrogen and oxygen atoms in total. The third-order valence-corrected chi connectivity index (χ3v) is 6.57. The molecular formula is C23H27ClFN3O3S. The van der Waals surface area contributed by atoms with E-state index in [-0.39, 0.29) is 30.7 Å². The number of rotatable bonds is 7. The molecule has 2 aromatic carbocycles. The Bertz CT molecular complexity index is 1050. The normalized spacial score (nSPS) is 14.2. The van der Waals surface area contributed by atoms with Crippen LogP contribution in [0.25, 0.3) is 10.2 Å². The van der Waals surface area contributed by atoms with E-state index >= 15 is 0 Å². The van der Waals surface area contributed by atoms with Gasteiger partial charge in [0.25, 0.3) is 5.91 Å². The third-order valence-electron chi connectivity index (χ3n) is 5.52. The summed E-state index contributed by atoms with van der Waals surface area (Å²) in [6.45, 7) is 8.36. The summed E-state index contributed by atoms with van der Waals surface area (Å²) in [4.78, 5) is 21.9. The summed E-state index contributed by atoms with van der Waals surface area (Å²) in [7, 11) is 0. The number of aromatic nitrogens is 1. The zero-order valence-electron chi connectivity index (χ0n) is 18.2. The van der Waals surface area contributed by atoms with E-state index in [1.165, 1.54) is 41.2 Å². The van der Waals surface area contributed by atoms with Gasteiger partial charge in [-0.1, -0.05) is 17.4 Å². The van der Waals surface area contributed by atoms with E-state index in [0.29, 0.717) is 30.6 Å². The van der Waals surface area contributed by atoms with Crippen molar-refractivity contribution in [2.24, 2.45) is 0 Å². The lowest BCUT2D eigenvalue weighted by Gasteiger charge is -2.29. The molecule has 0 aliphatic carbocycles. The van der Waals surface area contributed by atoms with Gasteiger partial charge in [-0.15, -0.1) is 12.4 Å². The van der Waals surface area contributed by atoms with E-state index in [1.54, 1.807) is 4.90 Å². The maximum absolute atomic E-state index is 13.1. The number of hydrogen-bond acceptors (Lipinski definition) is 6. The van der Waals surface area contributed by atoms with Crippen LogP contribution in [0.1, 0.15) is 11.1 Å². The van der Waals surface area contributed by atoms with E-state index in [2.05, 4.69) is 30.9 Å². The number of ether oxygens (including phenoxy) is 2. The van der Waals surface area contributed by atoms with Gasteiger partial charge >= 0.3 is 0 Å². The highest BCUT2D eigenvalue weighted by Crippen LogP contribution is 2.32. The summed E-state index contributed by atoms with van der Waals surface area (Å²) in [6, 6.07) is 9.80. The average molecular weight is 480 g/mol. The predicted molar refractivity (Wildman–Crippen MR) is 128 cm³/mol. The summed E-state index contributed by atoms with van der Waals surface area (Å²) < 4.78 is 25.2. The molecule has 0 spiro atoms. The number of benzene rings is 2. The number of thiazole rings is 1. The molecule has 0 N–H and O–H groups in total. The topological polar surface area (TPSA) is 54.9 Å². The summed E-state index contributed by atoms with van der Waals surface area (Å²) in [5.74, 6) is -0.0596. The minimum atomic E-state index is -0.342. The average Bonchev–Trinajstić information content (AvgIpc) is 3.21. The van der Waals surface area contributed by atoms with E-state index in [9.17, 15) is 9.18 Å². The van der Waals surface area contributed by atoms with Crippen LogP contribution >= 0.6 is 23.7 Å². The number of nitrogens with zero attached hydrogens (tertiary/aromatic N) is 3. The quantitative estimate of drug-likeness (QED) is 0.508. The first-order valence-electron chi connectivity index (χ1n) is 10.4. The van der Waals surface area contributed by atoms with Crippen LogP contribution in [-0.4, -0.2) is 61.8 Å². The summed E-state index contributed by atoms with van der Waals surface area (Å²) >= 11 is 1.51. The van der Waals surface area contributed by atoms with Crippen molar-refractivity contribution >= 4 is 45.0 Å². The lowest BCUT2D eigenvalue weighted by molar-refractivity contribution is -0.120. The SMILES string of the molecule is Cc1ccc2sc(N(CCN3CCOCC3)C(=O)COc3ccc(F)cc3)nc2c1C.Cl. The van der Waals surface area contributed by atoms with Crippen molar-refractivity contribution in [1.29, 1.82) is 0 Å². The molecule has 0 radical (unpaired) electrons. The van der Waals surface area contributed by atoms with Crippen molar-refractivity contribution in [2.75, 3.05) is 50.9 Å². The van der Waals surface area contributed by atoms with E-state index < -0.39 is 0 Å². The molecule has 0 saturated carbocycles. The molecule has 1 aliphatic rings. The van der Waals surface area contributed by atoms with Gasteiger partial charge in [0.15, 0.2) is 11.7 Å². The molecule has 0 atom stereocenters. The zero-order valence-corrected chi connectivity index (χ0v) is 19.8. The van der Waals surface area contributed by atoms with Crippen LogP contribution < -0.4 is 9.64 Å². The smallest absolute Gasteiger partial charge is 0.266 e. The maximum atomic E-state index is 13.1. The number of amides is 1. The van der Waals surface area contributed by atoms with Gasteiger partial charge in [-0.3, -0.25) is 14.6 Å². The largest absolute Gasteiger partial charge is 0.484 e. The van der Waals surface area contributed by atoms with Gasteiger partial charge in [0.05, 0.1) is 23.4 Å². The molecule has 1 saturated heterocycles. The fourth-order valence-corrected chi connectivity index (χ4v) is 4.55. The predicted octanol–water partition coefficient (Wildman–Crippen LogP) is 4.22. The molecule has 1 aliphatic heterocycles. The number of hydrogen-bond donors (Lipinski definition) is 0. The number of carbonyl (C=O) groups is 1. The lowest BCUT2D eigenvalue weighted by Crippen LogP contribution is -2.44. The Hall–Kier alpha value is -2.26.